The Kier molecular flexibility index (Phi) is 5.84. The van der Waals surface area contributed by atoms with Crippen LogP contribution in [0.4, 0.5) is 0 Å². The topological polar surface area (TPSA) is 43.8 Å². The summed E-state index contributed by atoms with van der Waals surface area (Å²) in [6.45, 7) is 1.66. The van der Waals surface area contributed by atoms with E-state index in [0.29, 0.717) is 25.7 Å². The fraction of sp³-hybridized carbons (Fsp3) is 0.643. The summed E-state index contributed by atoms with van der Waals surface area (Å²) in [6.07, 6.45) is 3.50. The van der Waals surface area contributed by atoms with E-state index in [1.54, 1.807) is 4.90 Å². The summed E-state index contributed by atoms with van der Waals surface area (Å²) in [4.78, 5) is 17.2. The molecule has 4 nitrogen and oxygen atoms in total. The lowest BCUT2D eigenvalue weighted by Gasteiger charge is -2.37. The van der Waals surface area contributed by atoms with Gasteiger partial charge in [-0.1, -0.05) is 18.0 Å². The Bertz CT molecular complexity index is 448. The van der Waals surface area contributed by atoms with E-state index in [0.717, 1.165) is 22.1 Å². The van der Waals surface area contributed by atoms with Gasteiger partial charge in [-0.25, -0.2) is 0 Å². The number of amides is 1. The van der Waals surface area contributed by atoms with Gasteiger partial charge in [-0.3, -0.25) is 9.69 Å². The first-order valence-corrected chi connectivity index (χ1v) is 8.12. The molecule has 0 aromatic carbocycles. The molecule has 1 aromatic heterocycles. The van der Waals surface area contributed by atoms with Gasteiger partial charge in [-0.2, -0.15) is 0 Å². The van der Waals surface area contributed by atoms with Gasteiger partial charge in [0.15, 0.2) is 0 Å². The first kappa shape index (κ1) is 15.8. The molecular formula is C14H21ClN2O2S. The van der Waals surface area contributed by atoms with Crippen LogP contribution >= 0.6 is 22.9 Å². The summed E-state index contributed by atoms with van der Waals surface area (Å²) in [5.74, 6) is 0.0925. The molecule has 112 valence electrons. The van der Waals surface area contributed by atoms with E-state index in [9.17, 15) is 4.79 Å². The Hall–Kier alpha value is -0.620. The molecule has 1 heterocycles. The zero-order chi connectivity index (χ0) is 14.5. The van der Waals surface area contributed by atoms with Crippen molar-refractivity contribution in [1.29, 1.82) is 0 Å². The third kappa shape index (κ3) is 4.19. The highest BCUT2D eigenvalue weighted by Gasteiger charge is 2.26. The number of aliphatic hydroxyl groups excluding tert-OH is 1. The molecule has 0 atom stereocenters. The maximum atomic E-state index is 12.3. The van der Waals surface area contributed by atoms with Crippen LogP contribution in [-0.4, -0.2) is 53.6 Å². The predicted molar refractivity (Wildman–Crippen MR) is 82.1 cm³/mol. The van der Waals surface area contributed by atoms with Crippen molar-refractivity contribution in [2.45, 2.75) is 31.8 Å². The van der Waals surface area contributed by atoms with Crippen LogP contribution in [0.2, 0.25) is 4.34 Å². The van der Waals surface area contributed by atoms with E-state index in [2.05, 4.69) is 4.90 Å². The number of aliphatic hydroxyl groups is 1. The van der Waals surface area contributed by atoms with E-state index in [-0.39, 0.29) is 12.5 Å². The van der Waals surface area contributed by atoms with Crippen LogP contribution in [0, 0.1) is 0 Å². The molecule has 1 aliphatic rings. The highest BCUT2D eigenvalue weighted by Crippen LogP contribution is 2.25. The van der Waals surface area contributed by atoms with E-state index < -0.39 is 0 Å². The van der Waals surface area contributed by atoms with Crippen LogP contribution < -0.4 is 0 Å². The maximum Gasteiger partial charge on any atom is 0.236 e. The average Bonchev–Trinajstić information content (AvgIpc) is 2.72. The quantitative estimate of drug-likeness (QED) is 0.839. The molecule has 1 amide bonds. The second-order valence-corrected chi connectivity index (χ2v) is 7.03. The largest absolute Gasteiger partial charge is 0.395 e. The van der Waals surface area contributed by atoms with Crippen molar-refractivity contribution in [3.05, 3.63) is 21.3 Å². The van der Waals surface area contributed by atoms with E-state index >= 15 is 0 Å². The molecular weight excluding hydrogens is 296 g/mol. The van der Waals surface area contributed by atoms with Gasteiger partial charge in [0, 0.05) is 24.5 Å². The van der Waals surface area contributed by atoms with Crippen molar-refractivity contribution in [3.63, 3.8) is 0 Å². The molecule has 20 heavy (non-hydrogen) atoms. The summed E-state index contributed by atoms with van der Waals surface area (Å²) in [7, 11) is 1.81. The fourth-order valence-electron chi connectivity index (χ4n) is 2.32. The molecule has 1 aliphatic carbocycles. The minimum absolute atomic E-state index is 0.0925. The number of nitrogens with zero attached hydrogens (tertiary/aromatic N) is 2. The molecule has 0 saturated heterocycles. The Balaban J connectivity index is 1.85. The normalized spacial score (nSPS) is 15.4. The molecule has 2 rings (SSSR count). The van der Waals surface area contributed by atoms with Crippen molar-refractivity contribution in [3.8, 4) is 0 Å². The number of rotatable bonds is 7. The average molecular weight is 317 g/mol. The molecule has 1 aromatic rings. The second kappa shape index (κ2) is 7.41. The van der Waals surface area contributed by atoms with Crippen LogP contribution in [0.5, 0.6) is 0 Å². The summed E-state index contributed by atoms with van der Waals surface area (Å²) >= 11 is 7.40. The molecule has 1 fully saturated rings. The SMILES string of the molecule is CN(Cc1ccc(Cl)s1)C(=O)CN(CCO)C1CCC1. The number of carbonyl (C=O) groups is 1. The number of likely N-dealkylation sites (N-methyl/N-ethyl adjacent to an activating group) is 1. The van der Waals surface area contributed by atoms with E-state index in [1.807, 2.05) is 19.2 Å². The lowest BCUT2D eigenvalue weighted by molar-refractivity contribution is -0.132. The molecule has 1 N–H and O–H groups in total. The van der Waals surface area contributed by atoms with Crippen LogP contribution in [0.15, 0.2) is 12.1 Å². The monoisotopic (exact) mass is 316 g/mol. The highest BCUT2D eigenvalue weighted by atomic mass is 35.5. The molecule has 0 unspecified atom stereocenters. The van der Waals surface area contributed by atoms with Crippen molar-refractivity contribution >= 4 is 28.8 Å². The molecule has 6 heteroatoms. The number of halogens is 1. The van der Waals surface area contributed by atoms with Gasteiger partial charge in [0.05, 0.1) is 24.0 Å². The van der Waals surface area contributed by atoms with Crippen LogP contribution in [0.1, 0.15) is 24.1 Å². The number of hydrogen-bond acceptors (Lipinski definition) is 4. The number of carbonyl (C=O) groups excluding carboxylic acids is 1. The van der Waals surface area contributed by atoms with Crippen molar-refractivity contribution in [2.75, 3.05) is 26.7 Å². The summed E-state index contributed by atoms with van der Waals surface area (Å²) in [5, 5.41) is 9.12. The van der Waals surface area contributed by atoms with Gasteiger partial charge in [-0.15, -0.1) is 11.3 Å². The molecule has 0 radical (unpaired) electrons. The number of hydrogen-bond donors (Lipinski definition) is 1. The zero-order valence-corrected chi connectivity index (χ0v) is 13.3. The Morgan fingerprint density at radius 3 is 2.75 bits per heavy atom. The standard InChI is InChI=1S/C14H21ClN2O2S/c1-16(9-12-5-6-13(15)20-12)14(19)10-17(7-8-18)11-3-2-4-11/h5-6,11,18H,2-4,7-10H2,1H3. The van der Waals surface area contributed by atoms with Gasteiger partial charge in [0.1, 0.15) is 0 Å². The molecule has 0 aliphatic heterocycles. The van der Waals surface area contributed by atoms with Gasteiger partial charge < -0.3 is 10.0 Å². The Morgan fingerprint density at radius 2 is 2.25 bits per heavy atom. The van der Waals surface area contributed by atoms with Crippen molar-refractivity contribution < 1.29 is 9.90 Å². The smallest absolute Gasteiger partial charge is 0.236 e. The minimum Gasteiger partial charge on any atom is -0.395 e. The molecule has 0 bridgehead atoms. The Morgan fingerprint density at radius 1 is 1.50 bits per heavy atom. The first-order valence-electron chi connectivity index (χ1n) is 6.93. The summed E-state index contributed by atoms with van der Waals surface area (Å²) in [6, 6.07) is 4.27. The second-order valence-electron chi connectivity index (χ2n) is 5.23. The number of thiophene rings is 1. The van der Waals surface area contributed by atoms with Crippen LogP contribution in [0.25, 0.3) is 0 Å². The predicted octanol–water partition coefficient (Wildman–Crippen LogP) is 2.21. The fourth-order valence-corrected chi connectivity index (χ4v) is 3.47. The van der Waals surface area contributed by atoms with Crippen molar-refractivity contribution in [2.24, 2.45) is 0 Å². The van der Waals surface area contributed by atoms with Gasteiger partial charge in [-0.05, 0) is 25.0 Å². The van der Waals surface area contributed by atoms with Gasteiger partial charge >= 0.3 is 0 Å². The van der Waals surface area contributed by atoms with E-state index in [4.69, 9.17) is 16.7 Å². The van der Waals surface area contributed by atoms with Gasteiger partial charge in [0.2, 0.25) is 5.91 Å². The Labute approximate surface area is 128 Å². The third-order valence-electron chi connectivity index (χ3n) is 3.76. The third-order valence-corrected chi connectivity index (χ3v) is 4.98. The summed E-state index contributed by atoms with van der Waals surface area (Å²) < 4.78 is 0.747. The lowest BCUT2D eigenvalue weighted by Crippen LogP contribution is -2.47. The van der Waals surface area contributed by atoms with Crippen LogP contribution in [0.3, 0.4) is 0 Å². The highest BCUT2D eigenvalue weighted by molar-refractivity contribution is 7.16. The lowest BCUT2D eigenvalue weighted by atomic mass is 9.91. The maximum absolute atomic E-state index is 12.3. The molecule has 0 spiro atoms. The zero-order valence-electron chi connectivity index (χ0n) is 11.7. The summed E-state index contributed by atoms with van der Waals surface area (Å²) in [5.41, 5.74) is 0. The van der Waals surface area contributed by atoms with Crippen LogP contribution in [-0.2, 0) is 11.3 Å². The van der Waals surface area contributed by atoms with Crippen molar-refractivity contribution in [1.82, 2.24) is 9.80 Å². The molecule has 1 saturated carbocycles. The van der Waals surface area contributed by atoms with E-state index in [1.165, 1.54) is 17.8 Å². The minimum atomic E-state index is 0.0925. The van der Waals surface area contributed by atoms with Gasteiger partial charge in [0.25, 0.3) is 0 Å². The first-order chi connectivity index (χ1) is 9.60.